The smallest absolute Gasteiger partial charge is 0.227 e. The normalized spacial score (nSPS) is 11.1. The van der Waals surface area contributed by atoms with Crippen LogP contribution in [-0.2, 0) is 6.61 Å². The molecule has 0 aliphatic rings. The molecule has 0 aliphatic heterocycles. The van der Waals surface area contributed by atoms with Gasteiger partial charge in [-0.25, -0.2) is 0 Å². The lowest BCUT2D eigenvalue weighted by Gasteiger charge is -2.03. The molecule has 1 unspecified atom stereocenters. The Morgan fingerprint density at radius 2 is 2.40 bits per heavy atom. The van der Waals surface area contributed by atoms with E-state index in [1.54, 1.807) is 0 Å². The minimum atomic E-state index is -0.287. The third-order valence-electron chi connectivity index (χ3n) is 1.67. The van der Waals surface area contributed by atoms with Crippen LogP contribution in [0.4, 0.5) is 0 Å². The number of hydrogen-bond acceptors (Lipinski definition) is 5. The molecule has 0 spiro atoms. The summed E-state index contributed by atoms with van der Waals surface area (Å²) in [6.45, 7) is 0.333. The average molecular weight is 231 g/mol. The quantitative estimate of drug-likeness (QED) is 0.548. The van der Waals surface area contributed by atoms with Crippen molar-refractivity contribution in [2.45, 2.75) is 13.0 Å². The molecule has 0 bridgehead atoms. The fourth-order valence-electron chi connectivity index (χ4n) is 0.899. The molecule has 1 atom stereocenters. The van der Waals surface area contributed by atoms with Crippen LogP contribution in [0.2, 0.25) is 0 Å². The molecule has 6 heteroatoms. The zero-order chi connectivity index (χ0) is 11.1. The van der Waals surface area contributed by atoms with Gasteiger partial charge in [0, 0.05) is 12.2 Å². The van der Waals surface area contributed by atoms with Crippen LogP contribution in [0.3, 0.4) is 0 Å². The lowest BCUT2D eigenvalue weighted by Crippen LogP contribution is -2.04. The highest BCUT2D eigenvalue weighted by Gasteiger charge is 2.03. The molecule has 0 aromatic carbocycles. The van der Waals surface area contributed by atoms with Gasteiger partial charge in [0.1, 0.15) is 18.6 Å². The van der Waals surface area contributed by atoms with Gasteiger partial charge in [0.05, 0.1) is 8.81 Å². The highest BCUT2D eigenvalue weighted by molar-refractivity contribution is 7.32. The van der Waals surface area contributed by atoms with Gasteiger partial charge in [0.2, 0.25) is 11.2 Å². The molecular weight excluding hydrogens is 217 g/mol. The minimum Gasteiger partial charge on any atom is -0.470 e. The fraction of sp³-hybridized carbons (Fsp3) is 0.444. The Bertz CT molecular complexity index is 352. The maximum atomic E-state index is 11.3. The third-order valence-corrected chi connectivity index (χ3v) is 2.60. The second-order valence-electron chi connectivity index (χ2n) is 2.87. The van der Waals surface area contributed by atoms with E-state index < -0.39 is 0 Å². The molecule has 0 radical (unpaired) electrons. The van der Waals surface area contributed by atoms with Gasteiger partial charge >= 0.3 is 0 Å². The molecule has 1 aromatic heterocycles. The zero-order valence-corrected chi connectivity index (χ0v) is 9.23. The molecule has 0 saturated carbocycles. The highest BCUT2D eigenvalue weighted by Crippen LogP contribution is 2.17. The Morgan fingerprint density at radius 3 is 3.00 bits per heavy atom. The van der Waals surface area contributed by atoms with Crippen molar-refractivity contribution in [3.8, 4) is 5.75 Å². The average Bonchev–Trinajstić information content (AvgIpc) is 2.26. The number of aliphatic hydroxyl groups is 1. The Morgan fingerprint density at radius 1 is 1.60 bits per heavy atom. The first-order chi connectivity index (χ1) is 7.27. The summed E-state index contributed by atoms with van der Waals surface area (Å²) in [6.07, 6.45) is 2.93. The van der Waals surface area contributed by atoms with E-state index in [9.17, 15) is 4.79 Å². The number of rotatable bonds is 6. The molecular formula is C9H14NO4P. The SMILES string of the molecule is NCCCPOc1coc(CO)cc1=O. The van der Waals surface area contributed by atoms with Crippen molar-refractivity contribution in [2.75, 3.05) is 12.7 Å². The maximum absolute atomic E-state index is 11.3. The molecule has 1 aromatic rings. The monoisotopic (exact) mass is 231 g/mol. The number of nitrogens with two attached hydrogens (primary N) is 1. The first-order valence-corrected chi connectivity index (χ1v) is 5.72. The summed E-state index contributed by atoms with van der Waals surface area (Å²) < 4.78 is 10.2. The molecule has 0 fully saturated rings. The molecule has 1 heterocycles. The highest BCUT2D eigenvalue weighted by atomic mass is 31.1. The van der Waals surface area contributed by atoms with Gasteiger partial charge in [-0.15, -0.1) is 0 Å². The Labute approximate surface area is 89.1 Å². The molecule has 0 aliphatic carbocycles. The summed E-state index contributed by atoms with van der Waals surface area (Å²) in [5.74, 6) is 0.417. The van der Waals surface area contributed by atoms with E-state index in [4.69, 9.17) is 19.8 Å². The van der Waals surface area contributed by atoms with Crippen molar-refractivity contribution in [3.05, 3.63) is 28.3 Å². The van der Waals surface area contributed by atoms with Crippen LogP contribution in [-0.4, -0.2) is 17.8 Å². The summed E-state index contributed by atoms with van der Waals surface area (Å²) >= 11 is 0. The predicted molar refractivity (Wildman–Crippen MR) is 58.4 cm³/mol. The molecule has 84 valence electrons. The van der Waals surface area contributed by atoms with E-state index in [0.29, 0.717) is 6.54 Å². The summed E-state index contributed by atoms with van der Waals surface area (Å²) in [5, 5.41) is 8.71. The van der Waals surface area contributed by atoms with Crippen molar-refractivity contribution < 1.29 is 14.0 Å². The van der Waals surface area contributed by atoms with E-state index in [-0.39, 0.29) is 32.4 Å². The van der Waals surface area contributed by atoms with E-state index in [0.717, 1.165) is 12.6 Å². The van der Waals surface area contributed by atoms with Gasteiger partial charge < -0.3 is 19.8 Å². The molecule has 3 N–H and O–H groups in total. The van der Waals surface area contributed by atoms with Gasteiger partial charge in [-0.1, -0.05) is 0 Å². The van der Waals surface area contributed by atoms with Crippen LogP contribution in [0.25, 0.3) is 0 Å². The Balaban J connectivity index is 2.51. The van der Waals surface area contributed by atoms with Crippen molar-refractivity contribution in [1.82, 2.24) is 0 Å². The van der Waals surface area contributed by atoms with Crippen molar-refractivity contribution in [3.63, 3.8) is 0 Å². The standard InChI is InChI=1S/C9H14NO4P/c10-2-1-3-15-14-9-6-13-7(5-11)4-8(9)12/h4,6,11,15H,1-3,5,10H2. The van der Waals surface area contributed by atoms with Gasteiger partial charge in [0.25, 0.3) is 0 Å². The Hall–Kier alpha value is -0.900. The van der Waals surface area contributed by atoms with Crippen LogP contribution in [0.5, 0.6) is 5.75 Å². The first kappa shape index (κ1) is 12.2. The van der Waals surface area contributed by atoms with Gasteiger partial charge in [-0.05, 0) is 13.0 Å². The van der Waals surface area contributed by atoms with Crippen LogP contribution in [0, 0.1) is 0 Å². The summed E-state index contributed by atoms with van der Waals surface area (Å²) in [7, 11) is 0.208. The summed E-state index contributed by atoms with van der Waals surface area (Å²) in [5.41, 5.74) is 5.04. The van der Waals surface area contributed by atoms with Crippen LogP contribution >= 0.6 is 8.81 Å². The second kappa shape index (κ2) is 6.56. The predicted octanol–water partition coefficient (Wildman–Crippen LogP) is 0.453. The first-order valence-electron chi connectivity index (χ1n) is 4.60. The van der Waals surface area contributed by atoms with Gasteiger partial charge in [-0.2, -0.15) is 0 Å². The fourth-order valence-corrected chi connectivity index (χ4v) is 1.65. The lowest BCUT2D eigenvalue weighted by molar-refractivity contribution is 0.242. The molecule has 1 rings (SSSR count). The minimum absolute atomic E-state index is 0.183. The lowest BCUT2D eigenvalue weighted by atomic mass is 10.4. The topological polar surface area (TPSA) is 85.7 Å². The van der Waals surface area contributed by atoms with Crippen LogP contribution in [0.15, 0.2) is 21.5 Å². The molecule has 15 heavy (non-hydrogen) atoms. The largest absolute Gasteiger partial charge is 0.470 e. The van der Waals surface area contributed by atoms with E-state index in [1.165, 1.54) is 12.3 Å². The van der Waals surface area contributed by atoms with Crippen LogP contribution < -0.4 is 15.7 Å². The maximum Gasteiger partial charge on any atom is 0.227 e. The van der Waals surface area contributed by atoms with Crippen molar-refractivity contribution >= 4 is 8.81 Å². The van der Waals surface area contributed by atoms with E-state index in [1.807, 2.05) is 0 Å². The number of hydrogen-bond donors (Lipinski definition) is 2. The summed E-state index contributed by atoms with van der Waals surface area (Å²) in [4.78, 5) is 11.3. The van der Waals surface area contributed by atoms with Crippen LogP contribution in [0.1, 0.15) is 12.2 Å². The third kappa shape index (κ3) is 4.00. The van der Waals surface area contributed by atoms with Crippen molar-refractivity contribution in [1.29, 1.82) is 0 Å². The Kier molecular flexibility index (Phi) is 5.32. The summed E-state index contributed by atoms with van der Waals surface area (Å²) in [6, 6.07) is 1.22. The van der Waals surface area contributed by atoms with Gasteiger partial charge in [-0.3, -0.25) is 4.79 Å². The van der Waals surface area contributed by atoms with E-state index >= 15 is 0 Å². The molecule has 0 saturated heterocycles. The van der Waals surface area contributed by atoms with Gasteiger partial charge in [0.15, 0.2) is 0 Å². The molecule has 5 nitrogen and oxygen atoms in total. The second-order valence-corrected chi connectivity index (χ2v) is 3.86. The number of aliphatic hydroxyl groups excluding tert-OH is 1. The van der Waals surface area contributed by atoms with Crippen molar-refractivity contribution in [2.24, 2.45) is 5.73 Å². The molecule has 0 amide bonds. The zero-order valence-electron chi connectivity index (χ0n) is 8.23. The van der Waals surface area contributed by atoms with E-state index in [2.05, 4.69) is 0 Å².